The molecule has 1 atom stereocenters. The van der Waals surface area contributed by atoms with E-state index in [1.54, 1.807) is 18.7 Å². The molecule has 1 saturated heterocycles. The minimum Gasteiger partial charge on any atom is -0.316 e. The highest BCUT2D eigenvalue weighted by molar-refractivity contribution is 7.89. The van der Waals surface area contributed by atoms with Crippen LogP contribution in [0.2, 0.25) is 0 Å². The van der Waals surface area contributed by atoms with Gasteiger partial charge < -0.3 is 5.32 Å². The van der Waals surface area contributed by atoms with Crippen molar-refractivity contribution >= 4 is 22.4 Å². The molecule has 1 fully saturated rings. The molecule has 1 aliphatic heterocycles. The van der Waals surface area contributed by atoms with Crippen LogP contribution in [-0.4, -0.2) is 37.8 Å². The van der Waals surface area contributed by atoms with Crippen molar-refractivity contribution in [2.45, 2.75) is 24.7 Å². The smallest absolute Gasteiger partial charge is 0.243 e. The molecular weight excluding hydrogens is 288 g/mol. The molecule has 2 N–H and O–H groups in total. The first-order chi connectivity index (χ1) is 8.50. The largest absolute Gasteiger partial charge is 0.316 e. The number of aromatic nitrogens is 2. The highest BCUT2D eigenvalue weighted by Crippen LogP contribution is 2.14. The number of rotatable bonds is 5. The van der Waals surface area contributed by atoms with Crippen molar-refractivity contribution in [3.63, 3.8) is 0 Å². The van der Waals surface area contributed by atoms with E-state index in [4.69, 9.17) is 0 Å². The van der Waals surface area contributed by atoms with Crippen LogP contribution in [0.5, 0.6) is 0 Å². The molecular formula is C11H21ClN4O2S. The molecule has 2 rings (SSSR count). The van der Waals surface area contributed by atoms with Gasteiger partial charge in [-0.05, 0) is 38.8 Å². The Bertz CT molecular complexity index is 509. The summed E-state index contributed by atoms with van der Waals surface area (Å²) in [6.45, 7) is 4.28. The first-order valence-corrected chi connectivity index (χ1v) is 7.68. The van der Waals surface area contributed by atoms with Gasteiger partial charge >= 0.3 is 0 Å². The van der Waals surface area contributed by atoms with Gasteiger partial charge in [0.05, 0.1) is 11.9 Å². The van der Waals surface area contributed by atoms with Gasteiger partial charge in [0.25, 0.3) is 0 Å². The summed E-state index contributed by atoms with van der Waals surface area (Å²) < 4.78 is 28.3. The molecule has 0 radical (unpaired) electrons. The summed E-state index contributed by atoms with van der Waals surface area (Å²) in [5.41, 5.74) is 0.657. The summed E-state index contributed by atoms with van der Waals surface area (Å²) in [5.74, 6) is 0.586. The van der Waals surface area contributed by atoms with Gasteiger partial charge in [-0.15, -0.1) is 12.4 Å². The molecule has 2 heterocycles. The van der Waals surface area contributed by atoms with E-state index < -0.39 is 10.0 Å². The van der Waals surface area contributed by atoms with Crippen LogP contribution >= 0.6 is 12.4 Å². The second kappa shape index (κ2) is 6.69. The Morgan fingerprint density at radius 2 is 2.32 bits per heavy atom. The van der Waals surface area contributed by atoms with E-state index >= 15 is 0 Å². The minimum atomic E-state index is -3.42. The van der Waals surface area contributed by atoms with Gasteiger partial charge in [-0.25, -0.2) is 13.1 Å². The lowest BCUT2D eigenvalue weighted by Crippen LogP contribution is -2.27. The van der Waals surface area contributed by atoms with Crippen molar-refractivity contribution < 1.29 is 8.42 Å². The van der Waals surface area contributed by atoms with E-state index in [2.05, 4.69) is 15.1 Å². The third-order valence-electron chi connectivity index (χ3n) is 3.49. The van der Waals surface area contributed by atoms with Crippen molar-refractivity contribution in [3.8, 4) is 0 Å². The lowest BCUT2D eigenvalue weighted by Gasteiger charge is -2.09. The second-order valence-electron chi connectivity index (χ2n) is 4.76. The maximum atomic E-state index is 12.1. The Hall–Kier alpha value is -0.630. The molecule has 1 aromatic heterocycles. The topological polar surface area (TPSA) is 76.0 Å². The second-order valence-corrected chi connectivity index (χ2v) is 6.50. The molecule has 6 nitrogen and oxygen atoms in total. The maximum absolute atomic E-state index is 12.1. The van der Waals surface area contributed by atoms with E-state index in [-0.39, 0.29) is 17.3 Å². The molecule has 0 amide bonds. The lowest BCUT2D eigenvalue weighted by atomic mass is 10.1. The molecule has 0 spiro atoms. The Labute approximate surface area is 120 Å². The van der Waals surface area contributed by atoms with Crippen LogP contribution < -0.4 is 10.0 Å². The lowest BCUT2D eigenvalue weighted by molar-refractivity contribution is 0.519. The zero-order valence-corrected chi connectivity index (χ0v) is 12.9. The summed E-state index contributed by atoms with van der Waals surface area (Å²) in [5, 5.41) is 7.23. The van der Waals surface area contributed by atoms with Crippen LogP contribution in [0.25, 0.3) is 0 Å². The molecule has 0 aromatic carbocycles. The van der Waals surface area contributed by atoms with Gasteiger partial charge in [0.2, 0.25) is 10.0 Å². The Balaban J connectivity index is 0.00000180. The predicted octanol–water partition coefficient (Wildman–Crippen LogP) is 0.428. The molecule has 1 aromatic rings. The maximum Gasteiger partial charge on any atom is 0.243 e. The summed E-state index contributed by atoms with van der Waals surface area (Å²) in [4.78, 5) is 0.273. The molecule has 0 aliphatic carbocycles. The quantitative estimate of drug-likeness (QED) is 0.827. The number of hydrogen-bond donors (Lipinski definition) is 2. The highest BCUT2D eigenvalue weighted by Gasteiger charge is 2.20. The summed E-state index contributed by atoms with van der Waals surface area (Å²) >= 11 is 0. The van der Waals surface area contributed by atoms with Gasteiger partial charge in [-0.2, -0.15) is 5.10 Å². The molecule has 0 bridgehead atoms. The van der Waals surface area contributed by atoms with Gasteiger partial charge in [0, 0.05) is 13.6 Å². The van der Waals surface area contributed by atoms with Crippen LogP contribution in [0.1, 0.15) is 18.5 Å². The van der Waals surface area contributed by atoms with E-state index in [9.17, 15) is 8.42 Å². The van der Waals surface area contributed by atoms with Crippen molar-refractivity contribution in [1.82, 2.24) is 19.8 Å². The van der Waals surface area contributed by atoms with E-state index in [1.807, 2.05) is 0 Å². The Kier molecular flexibility index (Phi) is 5.79. The molecule has 19 heavy (non-hydrogen) atoms. The number of aryl methyl sites for hydroxylation is 1. The number of hydrogen-bond acceptors (Lipinski definition) is 4. The van der Waals surface area contributed by atoms with Crippen LogP contribution in [0.15, 0.2) is 11.1 Å². The Morgan fingerprint density at radius 3 is 2.84 bits per heavy atom. The number of nitrogens with one attached hydrogen (secondary N) is 2. The molecule has 1 unspecified atom stereocenters. The van der Waals surface area contributed by atoms with Crippen molar-refractivity contribution in [3.05, 3.63) is 11.9 Å². The molecule has 110 valence electrons. The van der Waals surface area contributed by atoms with E-state index in [0.717, 1.165) is 25.9 Å². The normalized spacial score (nSPS) is 19.4. The van der Waals surface area contributed by atoms with E-state index in [0.29, 0.717) is 18.2 Å². The van der Waals surface area contributed by atoms with Crippen molar-refractivity contribution in [2.75, 3.05) is 19.6 Å². The molecule has 0 saturated carbocycles. The van der Waals surface area contributed by atoms with E-state index in [1.165, 1.54) is 6.20 Å². The molecule has 8 heteroatoms. The first kappa shape index (κ1) is 16.4. The summed E-state index contributed by atoms with van der Waals surface area (Å²) in [6, 6.07) is 0. The first-order valence-electron chi connectivity index (χ1n) is 6.19. The van der Waals surface area contributed by atoms with Gasteiger partial charge in [0.1, 0.15) is 4.90 Å². The van der Waals surface area contributed by atoms with Crippen molar-refractivity contribution in [1.29, 1.82) is 0 Å². The fourth-order valence-corrected chi connectivity index (χ4v) is 3.43. The predicted molar refractivity (Wildman–Crippen MR) is 76.0 cm³/mol. The van der Waals surface area contributed by atoms with Crippen molar-refractivity contribution in [2.24, 2.45) is 13.0 Å². The van der Waals surface area contributed by atoms with Crippen LogP contribution in [0, 0.1) is 12.8 Å². The van der Waals surface area contributed by atoms with Gasteiger partial charge in [-0.1, -0.05) is 0 Å². The average molecular weight is 309 g/mol. The average Bonchev–Trinajstić information content (AvgIpc) is 2.91. The standard InChI is InChI=1S/C11H20N4O2S.ClH/c1-9-11(8-13-15(9)2)18(16,17)14-6-4-10-3-5-12-7-10;/h8,10,12,14H,3-7H2,1-2H3;1H. The monoisotopic (exact) mass is 308 g/mol. The van der Waals surface area contributed by atoms with Gasteiger partial charge in [0.15, 0.2) is 0 Å². The number of sulfonamides is 1. The molecule has 1 aliphatic rings. The fraction of sp³-hybridized carbons (Fsp3) is 0.727. The van der Waals surface area contributed by atoms with Crippen LogP contribution in [-0.2, 0) is 17.1 Å². The zero-order chi connectivity index (χ0) is 13.2. The van der Waals surface area contributed by atoms with Gasteiger partial charge in [-0.3, -0.25) is 4.68 Å². The number of nitrogens with zero attached hydrogens (tertiary/aromatic N) is 2. The number of halogens is 1. The minimum absolute atomic E-state index is 0. The van der Waals surface area contributed by atoms with Crippen LogP contribution in [0.4, 0.5) is 0 Å². The van der Waals surface area contributed by atoms with Crippen LogP contribution in [0.3, 0.4) is 0 Å². The fourth-order valence-electron chi connectivity index (χ4n) is 2.18. The summed E-state index contributed by atoms with van der Waals surface area (Å²) in [6.07, 6.45) is 3.41. The highest BCUT2D eigenvalue weighted by atomic mass is 35.5. The Morgan fingerprint density at radius 1 is 1.58 bits per heavy atom. The zero-order valence-electron chi connectivity index (χ0n) is 11.2. The summed E-state index contributed by atoms with van der Waals surface area (Å²) in [7, 11) is -1.68. The third kappa shape index (κ3) is 3.92. The SMILES string of the molecule is Cc1c(S(=O)(=O)NCCC2CCNC2)cnn1C.Cl. The third-order valence-corrected chi connectivity index (χ3v) is 5.05.